The van der Waals surface area contributed by atoms with E-state index in [-0.39, 0.29) is 0 Å². The molecule has 0 saturated heterocycles. The average molecular weight is 362 g/mol. The Balaban J connectivity index is 3.22. The van der Waals surface area contributed by atoms with Crippen molar-refractivity contribution in [3.8, 4) is 5.88 Å². The number of rotatable bonds is 5. The van der Waals surface area contributed by atoms with Crippen LogP contribution in [0.25, 0.3) is 0 Å². The van der Waals surface area contributed by atoms with E-state index in [2.05, 4.69) is 9.17 Å². The van der Waals surface area contributed by atoms with E-state index < -0.39 is 42.6 Å². The molecule has 0 atom stereocenters. The second-order valence-corrected chi connectivity index (χ2v) is 7.89. The summed E-state index contributed by atoms with van der Waals surface area (Å²) in [7, 11) is -8.75. The minimum Gasteiger partial charge on any atom is -0.355 e. The number of halogens is 3. The third-order valence-electron chi connectivity index (χ3n) is 2.55. The molecule has 0 amide bonds. The van der Waals surface area contributed by atoms with Gasteiger partial charge in [-0.25, -0.2) is 8.42 Å². The molecule has 126 valence electrons. The van der Waals surface area contributed by atoms with Crippen molar-refractivity contribution >= 4 is 20.1 Å². The fraction of sp³-hybridized carbons (Fsp3) is 0.500. The van der Waals surface area contributed by atoms with E-state index in [1.165, 1.54) is 7.05 Å². The molecule has 0 saturated carbocycles. The molecule has 1 heterocycles. The van der Waals surface area contributed by atoms with Crippen molar-refractivity contribution in [3.05, 3.63) is 18.2 Å². The molecule has 1 rings (SSSR count). The monoisotopic (exact) mass is 362 g/mol. The summed E-state index contributed by atoms with van der Waals surface area (Å²) in [5.74, 6) is -0.990. The largest absolute Gasteiger partial charge is 0.534 e. The molecule has 0 fully saturated rings. The van der Waals surface area contributed by atoms with Crippen LogP contribution in [0.4, 0.5) is 13.2 Å². The Morgan fingerprint density at radius 2 is 1.73 bits per heavy atom. The SMILES string of the molecule is CC(C)N(C)S(=O)(=O)c1cccc(OS(=O)(=O)C(F)(F)F)n1. The highest BCUT2D eigenvalue weighted by Gasteiger charge is 2.49. The van der Waals surface area contributed by atoms with E-state index in [0.29, 0.717) is 0 Å². The van der Waals surface area contributed by atoms with Crippen molar-refractivity contribution in [1.82, 2.24) is 9.29 Å². The number of pyridine rings is 1. The Labute approximate surface area is 125 Å². The molecule has 1 aromatic rings. The van der Waals surface area contributed by atoms with E-state index in [1.54, 1.807) is 13.8 Å². The predicted octanol–water partition coefficient (Wildman–Crippen LogP) is 1.34. The molecule has 0 radical (unpaired) electrons. The van der Waals surface area contributed by atoms with Crippen molar-refractivity contribution in [3.63, 3.8) is 0 Å². The molecule has 0 aliphatic rings. The van der Waals surface area contributed by atoms with Crippen LogP contribution >= 0.6 is 0 Å². The Kier molecular flexibility index (Phi) is 5.09. The third-order valence-corrected chi connectivity index (χ3v) is 5.44. The Morgan fingerprint density at radius 3 is 2.18 bits per heavy atom. The minimum absolute atomic E-state index is 0.435. The summed E-state index contributed by atoms with van der Waals surface area (Å²) in [6, 6.07) is 2.41. The fourth-order valence-electron chi connectivity index (χ4n) is 1.17. The van der Waals surface area contributed by atoms with E-state index >= 15 is 0 Å². The molecule has 0 aromatic carbocycles. The topological polar surface area (TPSA) is 93.6 Å². The first-order chi connectivity index (χ1) is 9.79. The molecule has 0 N–H and O–H groups in total. The van der Waals surface area contributed by atoms with Gasteiger partial charge in [0.05, 0.1) is 0 Å². The van der Waals surface area contributed by atoms with Crippen LogP contribution in [0.15, 0.2) is 23.2 Å². The summed E-state index contributed by atoms with van der Waals surface area (Å²) < 4.78 is 87.4. The quantitative estimate of drug-likeness (QED) is 0.580. The van der Waals surface area contributed by atoms with Crippen LogP contribution in [0.1, 0.15) is 13.8 Å². The Bertz CT molecular complexity index is 744. The van der Waals surface area contributed by atoms with E-state index in [4.69, 9.17) is 0 Å². The smallest absolute Gasteiger partial charge is 0.355 e. The Morgan fingerprint density at radius 1 is 1.18 bits per heavy atom. The van der Waals surface area contributed by atoms with Crippen LogP contribution in [0.5, 0.6) is 5.88 Å². The molecule has 0 spiro atoms. The molecular weight excluding hydrogens is 349 g/mol. The first-order valence-corrected chi connectivity index (χ1v) is 8.59. The van der Waals surface area contributed by atoms with Crippen LogP contribution in [0.2, 0.25) is 0 Å². The number of aromatic nitrogens is 1. The van der Waals surface area contributed by atoms with Gasteiger partial charge >= 0.3 is 15.6 Å². The van der Waals surface area contributed by atoms with Crippen LogP contribution in [-0.2, 0) is 20.1 Å². The summed E-state index contributed by atoms with van der Waals surface area (Å²) in [6.45, 7) is 3.15. The zero-order valence-corrected chi connectivity index (χ0v) is 13.3. The average Bonchev–Trinajstić information content (AvgIpc) is 2.36. The molecule has 0 aliphatic carbocycles. The summed E-state index contributed by atoms with van der Waals surface area (Å²) in [4.78, 5) is 3.32. The molecular formula is C10H13F3N2O5S2. The van der Waals surface area contributed by atoms with Gasteiger partial charge in [0.15, 0.2) is 5.03 Å². The highest BCUT2D eigenvalue weighted by molar-refractivity contribution is 7.89. The van der Waals surface area contributed by atoms with Crippen LogP contribution in [-0.4, -0.2) is 44.7 Å². The first-order valence-electron chi connectivity index (χ1n) is 5.75. The van der Waals surface area contributed by atoms with E-state index in [0.717, 1.165) is 22.5 Å². The van der Waals surface area contributed by atoms with Gasteiger partial charge in [-0.1, -0.05) is 6.07 Å². The zero-order valence-electron chi connectivity index (χ0n) is 11.7. The van der Waals surface area contributed by atoms with Crippen molar-refractivity contribution < 1.29 is 34.2 Å². The van der Waals surface area contributed by atoms with E-state index in [9.17, 15) is 30.0 Å². The second-order valence-electron chi connectivity index (χ2n) is 4.41. The first kappa shape index (κ1) is 18.6. The maximum atomic E-state index is 12.2. The van der Waals surface area contributed by atoms with Gasteiger partial charge in [-0.3, -0.25) is 0 Å². The van der Waals surface area contributed by atoms with Crippen molar-refractivity contribution in [2.45, 2.75) is 30.4 Å². The normalized spacial score (nSPS) is 13.6. The highest BCUT2D eigenvalue weighted by atomic mass is 32.2. The summed E-state index contributed by atoms with van der Waals surface area (Å²) in [5, 5.41) is -0.626. The van der Waals surface area contributed by atoms with Gasteiger partial charge in [-0.2, -0.15) is 30.9 Å². The minimum atomic E-state index is -5.92. The standard InChI is InChI=1S/C10H13F3N2O5S2/c1-7(2)15(3)21(16,17)9-6-4-5-8(14-9)20-22(18,19)10(11,12)13/h4-7H,1-3H3. The molecule has 0 unspecified atom stereocenters. The van der Waals surface area contributed by atoms with Crippen LogP contribution < -0.4 is 4.18 Å². The maximum absolute atomic E-state index is 12.2. The van der Waals surface area contributed by atoms with Crippen molar-refractivity contribution in [2.24, 2.45) is 0 Å². The Hall–Kier alpha value is -1.40. The number of sulfonamides is 1. The number of alkyl halides is 3. The van der Waals surface area contributed by atoms with Gasteiger partial charge in [0, 0.05) is 19.2 Å². The van der Waals surface area contributed by atoms with Gasteiger partial charge in [0.1, 0.15) is 0 Å². The van der Waals surface area contributed by atoms with Gasteiger partial charge in [-0.15, -0.1) is 0 Å². The molecule has 1 aromatic heterocycles. The predicted molar refractivity (Wildman–Crippen MR) is 69.9 cm³/mol. The van der Waals surface area contributed by atoms with Gasteiger partial charge in [-0.05, 0) is 19.9 Å². The molecule has 22 heavy (non-hydrogen) atoms. The molecule has 0 aliphatic heterocycles. The number of hydrogen-bond donors (Lipinski definition) is 0. The third kappa shape index (κ3) is 3.87. The lowest BCUT2D eigenvalue weighted by Gasteiger charge is -2.20. The van der Waals surface area contributed by atoms with Gasteiger partial charge in [0.25, 0.3) is 10.0 Å². The van der Waals surface area contributed by atoms with Crippen molar-refractivity contribution in [1.29, 1.82) is 0 Å². The lowest BCUT2D eigenvalue weighted by molar-refractivity contribution is -0.0501. The number of hydrogen-bond acceptors (Lipinski definition) is 6. The fourth-order valence-corrected chi connectivity index (χ4v) is 2.89. The van der Waals surface area contributed by atoms with Gasteiger partial charge < -0.3 is 4.18 Å². The lowest BCUT2D eigenvalue weighted by atomic mass is 10.4. The lowest BCUT2D eigenvalue weighted by Crippen LogP contribution is -2.33. The zero-order chi connectivity index (χ0) is 17.3. The highest BCUT2D eigenvalue weighted by Crippen LogP contribution is 2.26. The molecule has 0 bridgehead atoms. The summed E-state index contributed by atoms with van der Waals surface area (Å²) in [5.41, 5.74) is -5.64. The maximum Gasteiger partial charge on any atom is 0.534 e. The molecule has 12 heteroatoms. The van der Waals surface area contributed by atoms with Crippen LogP contribution in [0.3, 0.4) is 0 Å². The second kappa shape index (κ2) is 6.01. The van der Waals surface area contributed by atoms with Gasteiger partial charge in [0.2, 0.25) is 5.88 Å². The number of nitrogens with zero attached hydrogens (tertiary/aromatic N) is 2. The molecule has 7 nitrogen and oxygen atoms in total. The van der Waals surface area contributed by atoms with Crippen molar-refractivity contribution in [2.75, 3.05) is 7.05 Å². The summed E-state index contributed by atoms with van der Waals surface area (Å²) >= 11 is 0. The summed E-state index contributed by atoms with van der Waals surface area (Å²) in [6.07, 6.45) is 0. The van der Waals surface area contributed by atoms with E-state index in [1.807, 2.05) is 0 Å². The van der Waals surface area contributed by atoms with Crippen LogP contribution in [0, 0.1) is 0 Å².